The molecule has 5 nitrogen and oxygen atoms in total. The number of piperazine rings is 1. The van der Waals surface area contributed by atoms with Gasteiger partial charge in [0.2, 0.25) is 5.91 Å². The van der Waals surface area contributed by atoms with Gasteiger partial charge in [0.05, 0.1) is 17.5 Å². The van der Waals surface area contributed by atoms with Gasteiger partial charge in [-0.1, -0.05) is 37.3 Å². The van der Waals surface area contributed by atoms with Gasteiger partial charge in [-0.25, -0.2) is 8.42 Å². The van der Waals surface area contributed by atoms with Crippen molar-refractivity contribution in [3.8, 4) is 0 Å². The molecule has 0 spiro atoms. The van der Waals surface area contributed by atoms with Crippen LogP contribution in [0.4, 0.5) is 0 Å². The first-order valence-corrected chi connectivity index (χ1v) is 10.6. The Hall–Kier alpha value is -1.40. The molecule has 2 aliphatic rings. The molecule has 1 amide bonds. The quantitative estimate of drug-likeness (QED) is 0.804. The van der Waals surface area contributed by atoms with E-state index >= 15 is 0 Å². The summed E-state index contributed by atoms with van der Waals surface area (Å²) in [6, 6.07) is 9.77. The number of sulfone groups is 1. The Morgan fingerprint density at radius 2 is 1.83 bits per heavy atom. The van der Waals surface area contributed by atoms with E-state index in [4.69, 9.17) is 0 Å². The maximum absolute atomic E-state index is 12.7. The van der Waals surface area contributed by atoms with Crippen LogP contribution in [0.5, 0.6) is 0 Å². The number of benzene rings is 1. The SMILES string of the molecule is CCCN1CCN(C(=O)CCc2ccccc2)[C@H]2CS(=O)(=O)C[C@H]21. The first-order chi connectivity index (χ1) is 11.5. The van der Waals surface area contributed by atoms with Crippen molar-refractivity contribution >= 4 is 15.7 Å². The summed E-state index contributed by atoms with van der Waals surface area (Å²) in [5, 5.41) is 0. The first kappa shape index (κ1) is 17.4. The molecule has 1 aromatic rings. The Morgan fingerprint density at radius 3 is 2.54 bits per heavy atom. The summed E-state index contributed by atoms with van der Waals surface area (Å²) >= 11 is 0. The summed E-state index contributed by atoms with van der Waals surface area (Å²) in [6.45, 7) is 4.44. The maximum atomic E-state index is 12.7. The number of fused-ring (bicyclic) bond motifs is 1. The maximum Gasteiger partial charge on any atom is 0.223 e. The third kappa shape index (κ3) is 3.81. The minimum absolute atomic E-state index is 0.0237. The van der Waals surface area contributed by atoms with Gasteiger partial charge < -0.3 is 4.90 Å². The van der Waals surface area contributed by atoms with E-state index in [2.05, 4.69) is 11.8 Å². The van der Waals surface area contributed by atoms with E-state index in [1.807, 2.05) is 35.2 Å². The fraction of sp³-hybridized carbons (Fsp3) is 0.611. The van der Waals surface area contributed by atoms with Crippen LogP contribution in [-0.4, -0.2) is 67.3 Å². The van der Waals surface area contributed by atoms with Crippen LogP contribution >= 0.6 is 0 Å². The van der Waals surface area contributed by atoms with Crippen LogP contribution in [0.1, 0.15) is 25.3 Å². The van der Waals surface area contributed by atoms with Crippen molar-refractivity contribution in [1.29, 1.82) is 0 Å². The van der Waals surface area contributed by atoms with Crippen LogP contribution in [0.25, 0.3) is 0 Å². The third-order valence-electron chi connectivity index (χ3n) is 5.09. The predicted octanol–water partition coefficient (Wildman–Crippen LogP) is 1.34. The second-order valence-electron chi connectivity index (χ2n) is 6.82. The average Bonchev–Trinajstić information content (AvgIpc) is 2.89. The minimum Gasteiger partial charge on any atom is -0.336 e. The van der Waals surface area contributed by atoms with Gasteiger partial charge in [-0.15, -0.1) is 0 Å². The summed E-state index contributed by atoms with van der Waals surface area (Å²) < 4.78 is 24.3. The number of hydrogen-bond donors (Lipinski definition) is 0. The minimum atomic E-state index is -3.05. The molecular formula is C18H26N2O3S. The highest BCUT2D eigenvalue weighted by Crippen LogP contribution is 2.27. The smallest absolute Gasteiger partial charge is 0.223 e. The molecule has 0 aromatic heterocycles. The normalized spacial score (nSPS) is 26.3. The van der Waals surface area contributed by atoms with Crippen LogP contribution < -0.4 is 0 Å². The highest BCUT2D eigenvalue weighted by molar-refractivity contribution is 7.91. The summed E-state index contributed by atoms with van der Waals surface area (Å²) in [5.74, 6) is 0.400. The van der Waals surface area contributed by atoms with Crippen LogP contribution in [0.15, 0.2) is 30.3 Å². The number of aryl methyl sites for hydroxylation is 1. The molecule has 2 heterocycles. The van der Waals surface area contributed by atoms with Gasteiger partial charge in [-0.3, -0.25) is 9.69 Å². The Kier molecular flexibility index (Phi) is 5.25. The number of rotatable bonds is 5. The molecule has 0 unspecified atom stereocenters. The number of carbonyl (C=O) groups is 1. The lowest BCUT2D eigenvalue weighted by atomic mass is 10.0. The molecule has 2 saturated heterocycles. The molecule has 2 atom stereocenters. The molecule has 6 heteroatoms. The molecular weight excluding hydrogens is 324 g/mol. The molecule has 2 fully saturated rings. The van der Waals surface area contributed by atoms with Crippen LogP contribution in [0, 0.1) is 0 Å². The van der Waals surface area contributed by atoms with Gasteiger partial charge in [0.25, 0.3) is 0 Å². The van der Waals surface area contributed by atoms with Gasteiger partial charge >= 0.3 is 0 Å². The van der Waals surface area contributed by atoms with Crippen molar-refractivity contribution in [3.05, 3.63) is 35.9 Å². The van der Waals surface area contributed by atoms with E-state index in [9.17, 15) is 13.2 Å². The fourth-order valence-electron chi connectivity index (χ4n) is 3.94. The average molecular weight is 350 g/mol. The zero-order chi connectivity index (χ0) is 17.2. The second-order valence-corrected chi connectivity index (χ2v) is 8.97. The lowest BCUT2D eigenvalue weighted by Crippen LogP contribution is -2.60. The van der Waals surface area contributed by atoms with E-state index < -0.39 is 9.84 Å². The van der Waals surface area contributed by atoms with E-state index in [1.165, 1.54) is 0 Å². The van der Waals surface area contributed by atoms with Gasteiger partial charge in [-0.05, 0) is 24.9 Å². The molecule has 3 rings (SSSR count). The van der Waals surface area contributed by atoms with Crippen molar-refractivity contribution in [1.82, 2.24) is 9.80 Å². The van der Waals surface area contributed by atoms with Crippen molar-refractivity contribution < 1.29 is 13.2 Å². The highest BCUT2D eigenvalue weighted by Gasteiger charge is 2.47. The molecule has 132 valence electrons. The molecule has 1 aromatic carbocycles. The lowest BCUT2D eigenvalue weighted by Gasteiger charge is -2.44. The van der Waals surface area contributed by atoms with Crippen molar-refractivity contribution in [2.75, 3.05) is 31.1 Å². The monoisotopic (exact) mass is 350 g/mol. The van der Waals surface area contributed by atoms with Crippen LogP contribution in [-0.2, 0) is 21.1 Å². The zero-order valence-electron chi connectivity index (χ0n) is 14.2. The van der Waals surface area contributed by atoms with Crippen molar-refractivity contribution in [2.45, 2.75) is 38.3 Å². The van der Waals surface area contributed by atoms with Crippen LogP contribution in [0.2, 0.25) is 0 Å². The zero-order valence-corrected chi connectivity index (χ0v) is 15.0. The standard InChI is InChI=1S/C18H26N2O3S/c1-2-10-19-11-12-20(17-14-24(22,23)13-16(17)19)18(21)9-8-15-6-4-3-5-7-15/h3-7,16-17H,2,8-14H2,1H3/t16-,17+/m1/s1. The first-order valence-electron chi connectivity index (χ1n) is 8.78. The molecule has 2 aliphatic heterocycles. The largest absolute Gasteiger partial charge is 0.336 e. The molecule has 0 saturated carbocycles. The number of nitrogens with zero attached hydrogens (tertiary/aromatic N) is 2. The Balaban J connectivity index is 1.68. The highest BCUT2D eigenvalue weighted by atomic mass is 32.2. The number of amides is 1. The van der Waals surface area contributed by atoms with E-state index in [-0.39, 0.29) is 29.5 Å². The predicted molar refractivity (Wildman–Crippen MR) is 94.6 cm³/mol. The lowest BCUT2D eigenvalue weighted by molar-refractivity contribution is -0.136. The van der Waals surface area contributed by atoms with Gasteiger partial charge in [0.15, 0.2) is 9.84 Å². The topological polar surface area (TPSA) is 57.7 Å². The molecule has 0 bridgehead atoms. The fourth-order valence-corrected chi connectivity index (χ4v) is 5.95. The second kappa shape index (κ2) is 7.23. The summed E-state index contributed by atoms with van der Waals surface area (Å²) in [5.41, 5.74) is 1.14. The number of carbonyl (C=O) groups excluding carboxylic acids is 1. The van der Waals surface area contributed by atoms with E-state index in [1.54, 1.807) is 0 Å². The van der Waals surface area contributed by atoms with E-state index in [0.717, 1.165) is 25.1 Å². The molecule has 0 radical (unpaired) electrons. The Labute approximate surface area is 144 Å². The Morgan fingerprint density at radius 1 is 1.12 bits per heavy atom. The summed E-state index contributed by atoms with van der Waals surface area (Å²) in [6.07, 6.45) is 2.16. The van der Waals surface area contributed by atoms with Crippen molar-refractivity contribution in [2.24, 2.45) is 0 Å². The third-order valence-corrected chi connectivity index (χ3v) is 6.79. The summed E-state index contributed by atoms with van der Waals surface area (Å²) in [7, 11) is -3.05. The number of hydrogen-bond acceptors (Lipinski definition) is 4. The molecule has 0 N–H and O–H groups in total. The van der Waals surface area contributed by atoms with Crippen molar-refractivity contribution in [3.63, 3.8) is 0 Å². The summed E-state index contributed by atoms with van der Waals surface area (Å²) in [4.78, 5) is 16.8. The molecule has 24 heavy (non-hydrogen) atoms. The van der Waals surface area contributed by atoms with Gasteiger partial charge in [0.1, 0.15) is 0 Å². The van der Waals surface area contributed by atoms with Crippen LogP contribution in [0.3, 0.4) is 0 Å². The van der Waals surface area contributed by atoms with Gasteiger partial charge in [-0.2, -0.15) is 0 Å². The van der Waals surface area contributed by atoms with Gasteiger partial charge in [0, 0.05) is 25.6 Å². The molecule has 0 aliphatic carbocycles. The van der Waals surface area contributed by atoms with E-state index in [0.29, 0.717) is 19.4 Å². The Bertz CT molecular complexity index is 675.